The number of aryl methyl sites for hydroxylation is 1. The molecular weight excluding hydrogens is 378 g/mol. The summed E-state index contributed by atoms with van der Waals surface area (Å²) in [5.41, 5.74) is 4.14. The lowest BCUT2D eigenvalue weighted by Crippen LogP contribution is -2.27. The van der Waals surface area contributed by atoms with Crippen LogP contribution in [0.3, 0.4) is 0 Å². The van der Waals surface area contributed by atoms with E-state index < -0.39 is 0 Å². The summed E-state index contributed by atoms with van der Waals surface area (Å²) in [7, 11) is 1.75. The predicted molar refractivity (Wildman–Crippen MR) is 106 cm³/mol. The maximum absolute atomic E-state index is 12.7. The minimum Gasteiger partial charge on any atom is -0.354 e. The number of hydrogen-bond donors (Lipinski definition) is 1. The molecule has 0 saturated carbocycles. The van der Waals surface area contributed by atoms with Crippen LogP contribution in [0, 0.1) is 6.92 Å². The largest absolute Gasteiger partial charge is 0.354 e. The number of nitrogens with one attached hydrogen (secondary N) is 1. The maximum atomic E-state index is 12.7. The number of amides is 1. The van der Waals surface area contributed by atoms with E-state index in [1.54, 1.807) is 24.2 Å². The van der Waals surface area contributed by atoms with Gasteiger partial charge in [-0.15, -0.1) is 0 Å². The number of rotatable bonds is 4. The van der Waals surface area contributed by atoms with Crippen LogP contribution in [0.15, 0.2) is 71.3 Å². The summed E-state index contributed by atoms with van der Waals surface area (Å²) in [6.45, 7) is 2.04. The summed E-state index contributed by atoms with van der Waals surface area (Å²) in [4.78, 5) is 18.5. The molecule has 0 aliphatic heterocycles. The Morgan fingerprint density at radius 1 is 1.08 bits per heavy atom. The van der Waals surface area contributed by atoms with Crippen LogP contribution >= 0.6 is 15.9 Å². The third-order valence-corrected chi connectivity index (χ3v) is 4.49. The minimum absolute atomic E-state index is 0.155. The molecule has 1 amide bonds. The lowest BCUT2D eigenvalue weighted by Gasteiger charge is -2.17. The van der Waals surface area contributed by atoms with E-state index >= 15 is 0 Å². The Labute approximate surface area is 155 Å². The van der Waals surface area contributed by atoms with Crippen LogP contribution in [0.1, 0.15) is 16.1 Å². The number of para-hydroxylation sites is 1. The van der Waals surface area contributed by atoms with Gasteiger partial charge in [0, 0.05) is 29.1 Å². The fourth-order valence-corrected chi connectivity index (χ4v) is 3.04. The van der Waals surface area contributed by atoms with E-state index in [2.05, 4.69) is 26.2 Å². The molecule has 1 aromatic heterocycles. The molecule has 2 aromatic carbocycles. The first-order valence-corrected chi connectivity index (χ1v) is 8.66. The molecule has 0 spiro atoms. The number of carbonyl (C=O) groups is 1. The number of anilines is 3. The highest BCUT2D eigenvalue weighted by molar-refractivity contribution is 9.10. The van der Waals surface area contributed by atoms with E-state index in [1.165, 1.54) is 5.56 Å². The van der Waals surface area contributed by atoms with Gasteiger partial charge in [-0.1, -0.05) is 24.3 Å². The Kier molecular flexibility index (Phi) is 5.14. The van der Waals surface area contributed by atoms with Crippen molar-refractivity contribution in [2.75, 3.05) is 17.3 Å². The van der Waals surface area contributed by atoms with Gasteiger partial charge in [0.1, 0.15) is 5.69 Å². The van der Waals surface area contributed by atoms with E-state index in [9.17, 15) is 4.79 Å². The number of aromatic nitrogens is 1. The zero-order valence-corrected chi connectivity index (χ0v) is 15.6. The van der Waals surface area contributed by atoms with Crippen molar-refractivity contribution in [2.24, 2.45) is 0 Å². The molecule has 0 radical (unpaired) electrons. The topological polar surface area (TPSA) is 45.2 Å². The normalized spacial score (nSPS) is 10.4. The summed E-state index contributed by atoms with van der Waals surface area (Å²) >= 11 is 3.55. The molecule has 3 aromatic rings. The summed E-state index contributed by atoms with van der Waals surface area (Å²) in [6.07, 6.45) is 1.64. The van der Waals surface area contributed by atoms with Crippen LogP contribution < -0.4 is 10.2 Å². The van der Waals surface area contributed by atoms with Crippen molar-refractivity contribution in [3.05, 3.63) is 82.6 Å². The highest BCUT2D eigenvalue weighted by Crippen LogP contribution is 2.27. The van der Waals surface area contributed by atoms with E-state index in [4.69, 9.17) is 0 Å². The smallest absolute Gasteiger partial charge is 0.276 e. The third kappa shape index (κ3) is 4.06. The van der Waals surface area contributed by atoms with Crippen LogP contribution in [0.2, 0.25) is 0 Å². The average molecular weight is 396 g/mol. The Morgan fingerprint density at radius 2 is 1.84 bits per heavy atom. The van der Waals surface area contributed by atoms with Gasteiger partial charge in [-0.25, -0.2) is 0 Å². The first kappa shape index (κ1) is 17.2. The summed E-state index contributed by atoms with van der Waals surface area (Å²) < 4.78 is 0.971. The van der Waals surface area contributed by atoms with Crippen molar-refractivity contribution in [1.82, 2.24) is 4.98 Å². The third-order valence-electron chi connectivity index (χ3n) is 3.83. The molecule has 25 heavy (non-hydrogen) atoms. The Balaban J connectivity index is 1.82. The fourth-order valence-electron chi connectivity index (χ4n) is 2.44. The van der Waals surface area contributed by atoms with Crippen LogP contribution in [0.25, 0.3) is 0 Å². The van der Waals surface area contributed by atoms with Gasteiger partial charge >= 0.3 is 0 Å². The fraction of sp³-hybridized carbons (Fsp3) is 0.100. The lowest BCUT2D eigenvalue weighted by molar-refractivity contribution is 0.0988. The lowest BCUT2D eigenvalue weighted by atomic mass is 10.2. The zero-order chi connectivity index (χ0) is 17.8. The van der Waals surface area contributed by atoms with Crippen molar-refractivity contribution < 1.29 is 4.79 Å². The zero-order valence-electron chi connectivity index (χ0n) is 14.0. The Morgan fingerprint density at radius 3 is 2.56 bits per heavy atom. The molecule has 0 aliphatic carbocycles. The standard InChI is InChI=1S/C20H18BrN3O/c1-14-8-9-18(17(21)12-14)23-15-10-11-22-19(13-15)20(25)24(2)16-6-4-3-5-7-16/h3-13H,1-2H3,(H,22,23). The van der Waals surface area contributed by atoms with Gasteiger partial charge in [-0.3, -0.25) is 9.78 Å². The Bertz CT molecular complexity index is 896. The number of carbonyl (C=O) groups excluding carboxylic acids is 1. The molecule has 1 N–H and O–H groups in total. The number of pyridine rings is 1. The SMILES string of the molecule is Cc1ccc(Nc2ccnc(C(=O)N(C)c3ccccc3)c2)c(Br)c1. The van der Waals surface area contributed by atoms with Gasteiger partial charge in [-0.05, 0) is 64.8 Å². The quantitative estimate of drug-likeness (QED) is 0.662. The molecule has 3 rings (SSSR count). The molecule has 126 valence electrons. The second kappa shape index (κ2) is 7.49. The number of hydrogen-bond acceptors (Lipinski definition) is 3. The van der Waals surface area contributed by atoms with Crippen molar-refractivity contribution in [1.29, 1.82) is 0 Å². The molecule has 1 heterocycles. The summed E-state index contributed by atoms with van der Waals surface area (Å²) in [5, 5.41) is 3.32. The minimum atomic E-state index is -0.155. The number of benzene rings is 2. The van der Waals surface area contributed by atoms with Crippen molar-refractivity contribution in [3.63, 3.8) is 0 Å². The predicted octanol–water partition coefficient (Wildman–Crippen LogP) is 5.17. The van der Waals surface area contributed by atoms with E-state index in [0.29, 0.717) is 5.69 Å². The number of halogens is 1. The highest BCUT2D eigenvalue weighted by atomic mass is 79.9. The van der Waals surface area contributed by atoms with E-state index in [-0.39, 0.29) is 5.91 Å². The summed E-state index contributed by atoms with van der Waals surface area (Å²) in [5.74, 6) is -0.155. The Hall–Kier alpha value is -2.66. The first-order valence-electron chi connectivity index (χ1n) is 7.87. The van der Waals surface area contributed by atoms with Gasteiger partial charge in [0.2, 0.25) is 0 Å². The number of nitrogens with zero attached hydrogens (tertiary/aromatic N) is 2. The van der Waals surface area contributed by atoms with Crippen LogP contribution in [-0.2, 0) is 0 Å². The molecular formula is C20H18BrN3O. The molecule has 0 fully saturated rings. The second-order valence-electron chi connectivity index (χ2n) is 5.74. The molecule has 4 nitrogen and oxygen atoms in total. The molecule has 0 aliphatic rings. The van der Waals surface area contributed by atoms with Crippen molar-refractivity contribution in [3.8, 4) is 0 Å². The van der Waals surface area contributed by atoms with Crippen LogP contribution in [0.5, 0.6) is 0 Å². The second-order valence-corrected chi connectivity index (χ2v) is 6.59. The van der Waals surface area contributed by atoms with E-state index in [0.717, 1.165) is 21.5 Å². The first-order chi connectivity index (χ1) is 12.0. The average Bonchev–Trinajstić information content (AvgIpc) is 2.64. The molecule has 5 heteroatoms. The molecule has 0 bridgehead atoms. The van der Waals surface area contributed by atoms with Gasteiger partial charge in [0.15, 0.2) is 0 Å². The van der Waals surface area contributed by atoms with Gasteiger partial charge in [0.25, 0.3) is 5.91 Å². The van der Waals surface area contributed by atoms with Crippen LogP contribution in [0.4, 0.5) is 17.1 Å². The molecule has 0 saturated heterocycles. The van der Waals surface area contributed by atoms with Gasteiger partial charge in [0.05, 0.1) is 5.69 Å². The van der Waals surface area contributed by atoms with Crippen molar-refractivity contribution in [2.45, 2.75) is 6.92 Å². The van der Waals surface area contributed by atoms with E-state index in [1.807, 2.05) is 61.5 Å². The maximum Gasteiger partial charge on any atom is 0.276 e. The highest BCUT2D eigenvalue weighted by Gasteiger charge is 2.15. The van der Waals surface area contributed by atoms with Gasteiger partial charge < -0.3 is 10.2 Å². The molecule has 0 unspecified atom stereocenters. The van der Waals surface area contributed by atoms with Gasteiger partial charge in [-0.2, -0.15) is 0 Å². The molecule has 0 atom stereocenters. The van der Waals surface area contributed by atoms with Crippen molar-refractivity contribution >= 4 is 38.9 Å². The summed E-state index contributed by atoms with van der Waals surface area (Å²) in [6, 6.07) is 19.2. The monoisotopic (exact) mass is 395 g/mol. The van der Waals surface area contributed by atoms with Crippen LogP contribution in [-0.4, -0.2) is 17.9 Å².